The maximum atomic E-state index is 12.2. The Morgan fingerprint density at radius 3 is 2.22 bits per heavy atom. The van der Waals surface area contributed by atoms with Gasteiger partial charge in [-0.1, -0.05) is 29.8 Å². The van der Waals surface area contributed by atoms with E-state index in [2.05, 4.69) is 5.43 Å². The molecule has 1 aromatic carbocycles. The number of rotatable bonds is 5. The van der Waals surface area contributed by atoms with Crippen molar-refractivity contribution in [3.05, 3.63) is 35.4 Å². The molecule has 1 aromatic rings. The van der Waals surface area contributed by atoms with Gasteiger partial charge in [-0.15, -0.1) is 0 Å². The van der Waals surface area contributed by atoms with Crippen molar-refractivity contribution in [3.63, 3.8) is 0 Å². The van der Waals surface area contributed by atoms with E-state index < -0.39 is 17.7 Å². The van der Waals surface area contributed by atoms with E-state index in [0.29, 0.717) is 11.8 Å². The Balaban J connectivity index is 3.22. The predicted octanol–water partition coefficient (Wildman–Crippen LogP) is 2.53. The number of hydrazine groups is 1. The molecule has 1 rings (SSSR count). The van der Waals surface area contributed by atoms with E-state index in [9.17, 15) is 14.4 Å². The fraction of sp³-hybridized carbons (Fsp3) is 0.438. The second kappa shape index (κ2) is 8.17. The third-order valence-corrected chi connectivity index (χ3v) is 3.26. The molecular weight excluding hydrogens is 300 g/mol. The number of hydrogen-bond donors (Lipinski definition) is 1. The van der Waals surface area contributed by atoms with Gasteiger partial charge in [0.1, 0.15) is 5.54 Å². The van der Waals surface area contributed by atoms with Gasteiger partial charge in [-0.3, -0.25) is 0 Å². The van der Waals surface area contributed by atoms with Crippen molar-refractivity contribution in [1.29, 1.82) is 0 Å². The van der Waals surface area contributed by atoms with E-state index in [0.717, 1.165) is 10.6 Å². The molecule has 0 aromatic heterocycles. The molecule has 0 aliphatic heterocycles. The molecule has 0 heterocycles. The van der Waals surface area contributed by atoms with Crippen LogP contribution in [0.4, 0.5) is 9.59 Å². The molecule has 0 aliphatic carbocycles. The van der Waals surface area contributed by atoms with Crippen molar-refractivity contribution < 1.29 is 23.9 Å². The minimum Gasteiger partial charge on any atom is -0.449 e. The van der Waals surface area contributed by atoms with Crippen molar-refractivity contribution in [2.75, 3.05) is 13.2 Å². The molecule has 0 aliphatic rings. The average Bonchev–Trinajstić information content (AvgIpc) is 2.53. The molecule has 0 fully saturated rings. The number of carbonyl (C=O) groups is 3. The molecule has 0 bridgehead atoms. The molecule has 23 heavy (non-hydrogen) atoms. The van der Waals surface area contributed by atoms with Crippen LogP contribution in [0, 0.1) is 6.92 Å². The molecule has 0 saturated heterocycles. The molecule has 2 amide bonds. The summed E-state index contributed by atoms with van der Waals surface area (Å²) in [7, 11) is 0. The highest BCUT2D eigenvalue weighted by Crippen LogP contribution is 2.26. The van der Waals surface area contributed by atoms with E-state index in [1.165, 1.54) is 6.92 Å². The van der Waals surface area contributed by atoms with E-state index in [1.54, 1.807) is 26.0 Å². The zero-order valence-electron chi connectivity index (χ0n) is 13.8. The average molecular weight is 322 g/mol. The van der Waals surface area contributed by atoms with Gasteiger partial charge in [0.25, 0.3) is 0 Å². The Morgan fingerprint density at radius 1 is 1.17 bits per heavy atom. The lowest BCUT2D eigenvalue weighted by atomic mass is 9.92. The topological polar surface area (TPSA) is 84.9 Å². The number of nitrogens with zero attached hydrogens (tertiary/aromatic N) is 1. The van der Waals surface area contributed by atoms with Gasteiger partial charge in [0.05, 0.1) is 13.2 Å². The van der Waals surface area contributed by atoms with Crippen LogP contribution < -0.4 is 5.43 Å². The van der Waals surface area contributed by atoms with E-state index in [1.807, 2.05) is 19.1 Å². The number of ether oxygens (including phenoxy) is 2. The van der Waals surface area contributed by atoms with E-state index in [-0.39, 0.29) is 13.2 Å². The summed E-state index contributed by atoms with van der Waals surface area (Å²) in [4.78, 5) is 35.7. The summed E-state index contributed by atoms with van der Waals surface area (Å²) in [5.41, 5.74) is 2.37. The second-order valence-electron chi connectivity index (χ2n) is 5.00. The Bertz CT molecular complexity index is 558. The summed E-state index contributed by atoms with van der Waals surface area (Å²) in [5.74, 6) is 0. The number of aryl methyl sites for hydroxylation is 1. The van der Waals surface area contributed by atoms with Crippen LogP contribution in [-0.2, 0) is 19.8 Å². The lowest BCUT2D eigenvalue weighted by molar-refractivity contribution is -0.119. The quantitative estimate of drug-likeness (QED) is 0.665. The Hall–Kier alpha value is -2.57. The Kier molecular flexibility index (Phi) is 6.56. The third kappa shape index (κ3) is 4.45. The minimum atomic E-state index is -1.44. The normalized spacial score (nSPS) is 12.7. The van der Waals surface area contributed by atoms with Gasteiger partial charge in [0, 0.05) is 0 Å². The van der Waals surface area contributed by atoms with Crippen LogP contribution in [0.3, 0.4) is 0 Å². The SMILES string of the molecule is CCOC(=O)NN(C(=O)OCC)[C@](C)(C=O)c1ccc(C)cc1. The van der Waals surface area contributed by atoms with Crippen LogP contribution in [0.2, 0.25) is 0 Å². The van der Waals surface area contributed by atoms with E-state index in [4.69, 9.17) is 9.47 Å². The maximum Gasteiger partial charge on any atom is 0.430 e. The number of benzene rings is 1. The van der Waals surface area contributed by atoms with Gasteiger partial charge in [-0.05, 0) is 33.3 Å². The van der Waals surface area contributed by atoms with Crippen LogP contribution in [0.1, 0.15) is 31.9 Å². The number of amides is 2. The van der Waals surface area contributed by atoms with Crippen molar-refractivity contribution in [2.24, 2.45) is 0 Å². The monoisotopic (exact) mass is 322 g/mol. The first-order valence-corrected chi connectivity index (χ1v) is 7.32. The highest BCUT2D eigenvalue weighted by molar-refractivity contribution is 5.80. The van der Waals surface area contributed by atoms with E-state index >= 15 is 0 Å². The van der Waals surface area contributed by atoms with Gasteiger partial charge >= 0.3 is 12.2 Å². The molecule has 0 spiro atoms. The van der Waals surface area contributed by atoms with Crippen molar-refractivity contribution in [2.45, 2.75) is 33.2 Å². The number of nitrogens with one attached hydrogen (secondary N) is 1. The number of carbonyl (C=O) groups excluding carboxylic acids is 3. The number of aldehydes is 1. The predicted molar refractivity (Wildman–Crippen MR) is 83.6 cm³/mol. The minimum absolute atomic E-state index is 0.0999. The molecule has 1 N–H and O–H groups in total. The van der Waals surface area contributed by atoms with Crippen LogP contribution in [0.5, 0.6) is 0 Å². The summed E-state index contributed by atoms with van der Waals surface area (Å²) in [6.45, 7) is 6.90. The van der Waals surface area contributed by atoms with Crippen LogP contribution in [-0.4, -0.2) is 36.7 Å². The van der Waals surface area contributed by atoms with Crippen LogP contribution in [0.25, 0.3) is 0 Å². The standard InChI is InChI=1S/C16H22N2O5/c1-5-22-14(20)17-18(15(21)23-6-2)16(4,11-19)13-9-7-12(3)8-10-13/h7-11H,5-6H2,1-4H3,(H,17,20)/t16-/m1/s1. The molecule has 7 nitrogen and oxygen atoms in total. The largest absolute Gasteiger partial charge is 0.449 e. The van der Waals surface area contributed by atoms with Gasteiger partial charge in [0.15, 0.2) is 6.29 Å². The molecule has 126 valence electrons. The zero-order chi connectivity index (χ0) is 17.5. The smallest absolute Gasteiger partial charge is 0.430 e. The summed E-state index contributed by atoms with van der Waals surface area (Å²) < 4.78 is 9.71. The van der Waals surface area contributed by atoms with Crippen molar-refractivity contribution >= 4 is 18.5 Å². The Morgan fingerprint density at radius 2 is 1.74 bits per heavy atom. The maximum absolute atomic E-state index is 12.2. The van der Waals surface area contributed by atoms with Gasteiger partial charge < -0.3 is 14.3 Å². The zero-order valence-corrected chi connectivity index (χ0v) is 13.8. The lowest BCUT2D eigenvalue weighted by Crippen LogP contribution is -2.58. The molecule has 7 heteroatoms. The molecule has 0 radical (unpaired) electrons. The second-order valence-corrected chi connectivity index (χ2v) is 5.00. The first-order valence-electron chi connectivity index (χ1n) is 7.32. The molecule has 1 atom stereocenters. The summed E-state index contributed by atoms with van der Waals surface area (Å²) in [6, 6.07) is 7.04. The lowest BCUT2D eigenvalue weighted by Gasteiger charge is -2.35. The van der Waals surface area contributed by atoms with Crippen LogP contribution >= 0.6 is 0 Å². The fourth-order valence-electron chi connectivity index (χ4n) is 1.93. The van der Waals surface area contributed by atoms with Crippen molar-refractivity contribution in [1.82, 2.24) is 10.4 Å². The summed E-state index contributed by atoms with van der Waals surface area (Å²) in [5, 5.41) is 0.839. The van der Waals surface area contributed by atoms with Crippen LogP contribution in [0.15, 0.2) is 24.3 Å². The molecular formula is C16H22N2O5. The van der Waals surface area contributed by atoms with Crippen molar-refractivity contribution in [3.8, 4) is 0 Å². The van der Waals surface area contributed by atoms with Gasteiger partial charge in [-0.2, -0.15) is 5.01 Å². The summed E-state index contributed by atoms with van der Waals surface area (Å²) >= 11 is 0. The molecule has 0 unspecified atom stereocenters. The molecule has 0 saturated carbocycles. The Labute approximate surface area is 135 Å². The first kappa shape index (κ1) is 18.5. The summed E-state index contributed by atoms with van der Waals surface area (Å²) in [6.07, 6.45) is -1.13. The fourth-order valence-corrected chi connectivity index (χ4v) is 1.93. The highest BCUT2D eigenvalue weighted by Gasteiger charge is 2.40. The highest BCUT2D eigenvalue weighted by atomic mass is 16.6. The third-order valence-electron chi connectivity index (χ3n) is 3.26. The van der Waals surface area contributed by atoms with Gasteiger partial charge in [-0.25, -0.2) is 15.0 Å². The number of hydrogen-bond acceptors (Lipinski definition) is 5. The first-order chi connectivity index (χ1) is 10.9. The van der Waals surface area contributed by atoms with Gasteiger partial charge in [0.2, 0.25) is 0 Å².